The van der Waals surface area contributed by atoms with Crippen molar-refractivity contribution >= 4 is 34.0 Å². The summed E-state index contributed by atoms with van der Waals surface area (Å²) in [6.07, 6.45) is 4.24. The number of thiazole rings is 1. The van der Waals surface area contributed by atoms with Crippen molar-refractivity contribution in [2.75, 3.05) is 10.6 Å². The fraction of sp³-hybridized carbons (Fsp3) is 0.118. The Morgan fingerprint density at radius 2 is 2.04 bits per heavy atom. The minimum atomic E-state index is -0.394. The molecule has 1 aliphatic rings. The highest BCUT2D eigenvalue weighted by molar-refractivity contribution is 7.14. The predicted octanol–water partition coefficient (Wildman–Crippen LogP) is 2.74. The highest BCUT2D eigenvalue weighted by Crippen LogP contribution is 2.30. The molecular formula is C17H13N5O2S. The third-order valence-electron chi connectivity index (χ3n) is 3.79. The monoisotopic (exact) mass is 351 g/mol. The Morgan fingerprint density at radius 1 is 1.20 bits per heavy atom. The lowest BCUT2D eigenvalue weighted by atomic mass is 9.99. The number of hydrogen-bond acceptors (Lipinski definition) is 6. The van der Waals surface area contributed by atoms with Crippen LogP contribution in [-0.2, 0) is 11.2 Å². The number of amides is 2. The molecule has 0 atom stereocenters. The maximum atomic E-state index is 12.1. The van der Waals surface area contributed by atoms with Crippen LogP contribution in [0.1, 0.15) is 22.6 Å². The Hall–Kier alpha value is -3.13. The normalized spacial score (nSPS) is 13.0. The van der Waals surface area contributed by atoms with Gasteiger partial charge in [-0.05, 0) is 30.2 Å². The quantitative estimate of drug-likeness (QED) is 0.756. The SMILES string of the molecule is O=C1CCc2cc(-c3csc(NC(=O)c4ncccn4)n3)ccc2N1. The van der Waals surface area contributed by atoms with E-state index in [1.54, 1.807) is 6.07 Å². The van der Waals surface area contributed by atoms with Crippen molar-refractivity contribution in [2.24, 2.45) is 0 Å². The number of aryl methyl sites for hydroxylation is 1. The molecule has 4 rings (SSSR count). The van der Waals surface area contributed by atoms with Crippen molar-refractivity contribution in [2.45, 2.75) is 12.8 Å². The molecule has 1 aromatic carbocycles. The number of hydrogen-bond donors (Lipinski definition) is 2. The highest BCUT2D eigenvalue weighted by atomic mass is 32.1. The Bertz CT molecular complexity index is 955. The van der Waals surface area contributed by atoms with Gasteiger partial charge in [-0.3, -0.25) is 14.9 Å². The summed E-state index contributed by atoms with van der Waals surface area (Å²) >= 11 is 1.34. The topological polar surface area (TPSA) is 96.9 Å². The van der Waals surface area contributed by atoms with Crippen LogP contribution in [-0.4, -0.2) is 26.8 Å². The number of rotatable bonds is 3. The molecule has 2 aromatic heterocycles. The van der Waals surface area contributed by atoms with Crippen LogP contribution in [0.2, 0.25) is 0 Å². The van der Waals surface area contributed by atoms with Gasteiger partial charge in [-0.1, -0.05) is 6.07 Å². The van der Waals surface area contributed by atoms with Crippen LogP contribution < -0.4 is 10.6 Å². The van der Waals surface area contributed by atoms with Gasteiger partial charge in [-0.2, -0.15) is 0 Å². The van der Waals surface area contributed by atoms with Crippen LogP contribution in [0.5, 0.6) is 0 Å². The Kier molecular flexibility index (Phi) is 3.95. The first kappa shape index (κ1) is 15.4. The Balaban J connectivity index is 1.53. The van der Waals surface area contributed by atoms with Crippen molar-refractivity contribution in [3.05, 3.63) is 53.4 Å². The van der Waals surface area contributed by atoms with Gasteiger partial charge in [-0.25, -0.2) is 15.0 Å². The van der Waals surface area contributed by atoms with Crippen LogP contribution in [0.25, 0.3) is 11.3 Å². The average molecular weight is 351 g/mol. The molecule has 2 amide bonds. The van der Waals surface area contributed by atoms with E-state index in [2.05, 4.69) is 25.6 Å². The van der Waals surface area contributed by atoms with E-state index in [-0.39, 0.29) is 11.7 Å². The van der Waals surface area contributed by atoms with E-state index in [1.807, 2.05) is 23.6 Å². The second-order valence-corrected chi connectivity index (χ2v) is 6.34. The van der Waals surface area contributed by atoms with Crippen LogP contribution in [0.4, 0.5) is 10.8 Å². The molecule has 0 aliphatic carbocycles. The fourth-order valence-electron chi connectivity index (χ4n) is 2.58. The molecule has 0 bridgehead atoms. The maximum absolute atomic E-state index is 12.1. The largest absolute Gasteiger partial charge is 0.326 e. The molecule has 25 heavy (non-hydrogen) atoms. The van der Waals surface area contributed by atoms with Crippen molar-refractivity contribution in [3.8, 4) is 11.3 Å². The van der Waals surface area contributed by atoms with Gasteiger partial charge in [0.05, 0.1) is 5.69 Å². The van der Waals surface area contributed by atoms with Gasteiger partial charge in [0.25, 0.3) is 5.91 Å². The lowest BCUT2D eigenvalue weighted by Crippen LogP contribution is -2.18. The van der Waals surface area contributed by atoms with E-state index < -0.39 is 5.91 Å². The number of aromatic nitrogens is 3. The van der Waals surface area contributed by atoms with Gasteiger partial charge in [0.1, 0.15) is 0 Å². The number of nitrogens with zero attached hydrogens (tertiary/aromatic N) is 3. The first-order chi connectivity index (χ1) is 12.2. The molecule has 7 nitrogen and oxygen atoms in total. The van der Waals surface area contributed by atoms with Crippen LogP contribution in [0.3, 0.4) is 0 Å². The van der Waals surface area contributed by atoms with Gasteiger partial charge in [-0.15, -0.1) is 11.3 Å². The molecule has 8 heteroatoms. The summed E-state index contributed by atoms with van der Waals surface area (Å²) in [5, 5.41) is 7.93. The van der Waals surface area contributed by atoms with E-state index in [1.165, 1.54) is 23.7 Å². The van der Waals surface area contributed by atoms with Gasteiger partial charge in [0.15, 0.2) is 5.13 Å². The van der Waals surface area contributed by atoms with Gasteiger partial charge in [0.2, 0.25) is 11.7 Å². The highest BCUT2D eigenvalue weighted by Gasteiger charge is 2.16. The Morgan fingerprint density at radius 3 is 2.88 bits per heavy atom. The molecule has 3 aromatic rings. The van der Waals surface area contributed by atoms with E-state index in [4.69, 9.17) is 0 Å². The smallest absolute Gasteiger partial charge is 0.295 e. The van der Waals surface area contributed by atoms with E-state index in [0.29, 0.717) is 18.0 Å². The molecule has 124 valence electrons. The zero-order valence-electron chi connectivity index (χ0n) is 13.0. The van der Waals surface area contributed by atoms with E-state index in [9.17, 15) is 9.59 Å². The first-order valence-electron chi connectivity index (χ1n) is 7.66. The standard InChI is InChI=1S/C17H13N5O2S/c23-14-5-3-10-8-11(2-4-12(10)20-14)13-9-25-17(21-13)22-16(24)15-18-6-1-7-19-15/h1-2,4,6-9H,3,5H2,(H,20,23)(H,21,22,24). The van der Waals surface area contributed by atoms with Gasteiger partial charge in [0, 0.05) is 35.4 Å². The second-order valence-electron chi connectivity index (χ2n) is 5.48. The molecule has 0 unspecified atom stereocenters. The fourth-order valence-corrected chi connectivity index (χ4v) is 3.29. The number of benzene rings is 1. The van der Waals surface area contributed by atoms with Gasteiger partial charge >= 0.3 is 0 Å². The van der Waals surface area contributed by atoms with Gasteiger partial charge < -0.3 is 5.32 Å². The first-order valence-corrected chi connectivity index (χ1v) is 8.54. The minimum absolute atomic E-state index is 0.0436. The molecular weight excluding hydrogens is 338 g/mol. The molecule has 3 heterocycles. The van der Waals surface area contributed by atoms with E-state index in [0.717, 1.165) is 22.5 Å². The van der Waals surface area contributed by atoms with E-state index >= 15 is 0 Å². The number of nitrogens with one attached hydrogen (secondary N) is 2. The second kappa shape index (κ2) is 6.40. The summed E-state index contributed by atoms with van der Waals surface area (Å²) in [4.78, 5) is 35.8. The molecule has 1 aliphatic heterocycles. The molecule has 2 N–H and O–H groups in total. The van der Waals surface area contributed by atoms with Crippen molar-refractivity contribution in [1.82, 2.24) is 15.0 Å². The summed E-state index contributed by atoms with van der Waals surface area (Å²) in [5.74, 6) is -0.250. The lowest BCUT2D eigenvalue weighted by molar-refractivity contribution is -0.116. The number of fused-ring (bicyclic) bond motifs is 1. The van der Waals surface area contributed by atoms with Crippen LogP contribution >= 0.6 is 11.3 Å². The summed E-state index contributed by atoms with van der Waals surface area (Å²) in [5.41, 5.74) is 3.66. The van der Waals surface area contributed by atoms with Crippen LogP contribution in [0.15, 0.2) is 42.0 Å². The lowest BCUT2D eigenvalue weighted by Gasteiger charge is -2.17. The average Bonchev–Trinajstić information content (AvgIpc) is 3.10. The van der Waals surface area contributed by atoms with Crippen molar-refractivity contribution < 1.29 is 9.59 Å². The summed E-state index contributed by atoms with van der Waals surface area (Å²) in [6, 6.07) is 7.47. The van der Waals surface area contributed by atoms with Crippen molar-refractivity contribution in [1.29, 1.82) is 0 Å². The third-order valence-corrected chi connectivity index (χ3v) is 4.55. The zero-order chi connectivity index (χ0) is 17.2. The molecule has 0 saturated heterocycles. The predicted molar refractivity (Wildman–Crippen MR) is 94.5 cm³/mol. The molecule has 0 fully saturated rings. The summed E-state index contributed by atoms with van der Waals surface area (Å²) in [7, 11) is 0. The minimum Gasteiger partial charge on any atom is -0.326 e. The van der Waals surface area contributed by atoms with Crippen molar-refractivity contribution in [3.63, 3.8) is 0 Å². The number of carbonyl (C=O) groups excluding carboxylic acids is 2. The third kappa shape index (κ3) is 3.24. The zero-order valence-corrected chi connectivity index (χ0v) is 13.8. The summed E-state index contributed by atoms with van der Waals surface area (Å²) < 4.78 is 0. The molecule has 0 saturated carbocycles. The maximum Gasteiger partial charge on any atom is 0.295 e. The summed E-state index contributed by atoms with van der Waals surface area (Å²) in [6.45, 7) is 0. The van der Waals surface area contributed by atoms with Crippen LogP contribution in [0, 0.1) is 0 Å². The molecule has 0 radical (unpaired) electrons. The number of carbonyl (C=O) groups is 2. The Labute approximate surface area is 147 Å². The molecule has 0 spiro atoms. The number of anilines is 2.